The number of carbonyl (C=O) groups is 1. The van der Waals surface area contributed by atoms with Crippen LogP contribution < -0.4 is 10.6 Å². The van der Waals surface area contributed by atoms with Gasteiger partial charge in [-0.3, -0.25) is 4.79 Å². The summed E-state index contributed by atoms with van der Waals surface area (Å²) in [6.45, 7) is 6.06. The molecule has 0 aromatic rings. The molecule has 2 fully saturated rings. The molecule has 0 saturated carbocycles. The number of nitrogens with one attached hydrogen (secondary N) is 2. The van der Waals surface area contributed by atoms with E-state index in [0.717, 1.165) is 13.0 Å². The third-order valence-corrected chi connectivity index (χ3v) is 6.29. The van der Waals surface area contributed by atoms with Crippen molar-refractivity contribution in [3.63, 3.8) is 0 Å². The van der Waals surface area contributed by atoms with Crippen LogP contribution in [-0.4, -0.2) is 56.1 Å². The highest BCUT2D eigenvalue weighted by atomic mass is 32.2. The molecule has 2 heterocycles. The number of nitrogens with zero attached hydrogens (tertiary/aromatic N) is 1. The van der Waals surface area contributed by atoms with Crippen LogP contribution in [0.5, 0.6) is 0 Å². The molecule has 116 valence electrons. The van der Waals surface area contributed by atoms with Gasteiger partial charge in [0.15, 0.2) is 0 Å². The second-order valence-corrected chi connectivity index (χ2v) is 8.01. The summed E-state index contributed by atoms with van der Waals surface area (Å²) in [6.07, 6.45) is 1.97. The van der Waals surface area contributed by atoms with E-state index in [1.54, 1.807) is 0 Å². The fraction of sp³-hybridized carbons (Fsp3) is 0.923. The van der Waals surface area contributed by atoms with Crippen molar-refractivity contribution in [1.29, 1.82) is 0 Å². The number of piperidine rings is 1. The Labute approximate surface area is 121 Å². The van der Waals surface area contributed by atoms with Crippen molar-refractivity contribution in [2.75, 3.05) is 25.4 Å². The summed E-state index contributed by atoms with van der Waals surface area (Å²) in [5.74, 6) is 0.611. The Kier molecular flexibility index (Phi) is 5.04. The third-order valence-electron chi connectivity index (χ3n) is 4.34. The number of amides is 1. The normalized spacial score (nSPS) is 34.0. The Hall–Kier alpha value is -0.660. The summed E-state index contributed by atoms with van der Waals surface area (Å²) < 4.78 is 24.7. The van der Waals surface area contributed by atoms with Crippen molar-refractivity contribution in [1.82, 2.24) is 14.9 Å². The van der Waals surface area contributed by atoms with Gasteiger partial charge in [-0.2, -0.15) is 0 Å². The minimum absolute atomic E-state index is 0.0560. The standard InChI is InChI=1S/C13H25N3O3S/c1-10-4-6-14-11(2)13(10)15-12(17)5-8-16-7-3-9-20(16,18)19/h10-11,13-14H,3-9H2,1-2H3,(H,15,17). The predicted octanol–water partition coefficient (Wildman–Crippen LogP) is -0.0853. The van der Waals surface area contributed by atoms with Gasteiger partial charge >= 0.3 is 0 Å². The number of hydrogen-bond acceptors (Lipinski definition) is 4. The monoisotopic (exact) mass is 303 g/mol. The van der Waals surface area contributed by atoms with Crippen LogP contribution in [-0.2, 0) is 14.8 Å². The molecule has 20 heavy (non-hydrogen) atoms. The molecule has 2 N–H and O–H groups in total. The Morgan fingerprint density at radius 2 is 2.15 bits per heavy atom. The van der Waals surface area contributed by atoms with E-state index in [9.17, 15) is 13.2 Å². The fourth-order valence-electron chi connectivity index (χ4n) is 3.03. The van der Waals surface area contributed by atoms with Crippen molar-refractivity contribution in [3.05, 3.63) is 0 Å². The van der Waals surface area contributed by atoms with E-state index in [-0.39, 0.29) is 30.2 Å². The largest absolute Gasteiger partial charge is 0.352 e. The number of rotatable bonds is 4. The summed E-state index contributed by atoms with van der Waals surface area (Å²) >= 11 is 0. The zero-order valence-corrected chi connectivity index (χ0v) is 13.1. The van der Waals surface area contributed by atoms with Gasteiger partial charge in [-0.25, -0.2) is 12.7 Å². The summed E-state index contributed by atoms with van der Waals surface area (Å²) in [6, 6.07) is 0.393. The molecule has 2 rings (SSSR count). The fourth-order valence-corrected chi connectivity index (χ4v) is 4.56. The molecule has 2 saturated heterocycles. The highest BCUT2D eigenvalue weighted by Gasteiger charge is 2.30. The first-order valence-corrected chi connectivity index (χ1v) is 9.01. The Balaban J connectivity index is 1.80. The van der Waals surface area contributed by atoms with Gasteiger partial charge in [0.25, 0.3) is 0 Å². The number of sulfonamides is 1. The van der Waals surface area contributed by atoms with Crippen molar-refractivity contribution in [3.8, 4) is 0 Å². The summed E-state index contributed by atoms with van der Waals surface area (Å²) in [4.78, 5) is 12.0. The van der Waals surface area contributed by atoms with E-state index in [2.05, 4.69) is 24.5 Å². The highest BCUT2D eigenvalue weighted by molar-refractivity contribution is 7.89. The highest BCUT2D eigenvalue weighted by Crippen LogP contribution is 2.17. The van der Waals surface area contributed by atoms with E-state index in [4.69, 9.17) is 0 Å². The van der Waals surface area contributed by atoms with Gasteiger partial charge < -0.3 is 10.6 Å². The smallest absolute Gasteiger partial charge is 0.221 e. The van der Waals surface area contributed by atoms with Gasteiger partial charge in [-0.15, -0.1) is 0 Å². The SMILES string of the molecule is CC1CCNC(C)C1NC(=O)CCN1CCCS1(=O)=O. The summed E-state index contributed by atoms with van der Waals surface area (Å²) in [7, 11) is -3.10. The zero-order valence-electron chi connectivity index (χ0n) is 12.3. The average Bonchev–Trinajstić information content (AvgIpc) is 2.71. The molecule has 1 amide bonds. The lowest BCUT2D eigenvalue weighted by Gasteiger charge is -2.36. The lowest BCUT2D eigenvalue weighted by atomic mass is 9.89. The molecule has 0 bridgehead atoms. The molecule has 0 aromatic heterocycles. The van der Waals surface area contributed by atoms with Crippen molar-refractivity contribution in [2.45, 2.75) is 45.2 Å². The second-order valence-electron chi connectivity index (χ2n) is 5.92. The lowest BCUT2D eigenvalue weighted by molar-refractivity contribution is -0.122. The van der Waals surface area contributed by atoms with Gasteiger partial charge in [0.1, 0.15) is 0 Å². The van der Waals surface area contributed by atoms with Crippen LogP contribution >= 0.6 is 0 Å². The first-order valence-electron chi connectivity index (χ1n) is 7.41. The van der Waals surface area contributed by atoms with E-state index in [0.29, 0.717) is 25.4 Å². The topological polar surface area (TPSA) is 78.5 Å². The minimum atomic E-state index is -3.10. The van der Waals surface area contributed by atoms with Crippen LogP contribution in [0, 0.1) is 5.92 Å². The number of carbonyl (C=O) groups excluding carboxylic acids is 1. The van der Waals surface area contributed by atoms with Gasteiger partial charge in [0.2, 0.25) is 15.9 Å². The van der Waals surface area contributed by atoms with E-state index in [1.165, 1.54) is 4.31 Å². The molecule has 2 aliphatic heterocycles. The first kappa shape index (κ1) is 15.7. The van der Waals surface area contributed by atoms with Crippen LogP contribution in [0.15, 0.2) is 0 Å². The van der Waals surface area contributed by atoms with Crippen LogP contribution in [0.2, 0.25) is 0 Å². The molecule has 3 unspecified atom stereocenters. The Morgan fingerprint density at radius 3 is 2.75 bits per heavy atom. The quantitative estimate of drug-likeness (QED) is 0.761. The van der Waals surface area contributed by atoms with Gasteiger partial charge in [-0.1, -0.05) is 6.92 Å². The minimum Gasteiger partial charge on any atom is -0.352 e. The molecular formula is C13H25N3O3S. The van der Waals surface area contributed by atoms with Crippen LogP contribution in [0.25, 0.3) is 0 Å². The molecule has 0 aromatic carbocycles. The molecule has 0 spiro atoms. The molecule has 6 nitrogen and oxygen atoms in total. The Morgan fingerprint density at radius 1 is 1.40 bits per heavy atom. The molecule has 3 atom stereocenters. The van der Waals surface area contributed by atoms with Crippen molar-refractivity contribution < 1.29 is 13.2 Å². The first-order chi connectivity index (χ1) is 9.40. The molecule has 7 heteroatoms. The Bertz CT molecular complexity index is 442. The van der Waals surface area contributed by atoms with E-state index >= 15 is 0 Å². The van der Waals surface area contributed by atoms with E-state index < -0.39 is 10.0 Å². The van der Waals surface area contributed by atoms with Gasteiger partial charge in [0.05, 0.1) is 5.75 Å². The van der Waals surface area contributed by atoms with Crippen LogP contribution in [0.3, 0.4) is 0 Å². The lowest BCUT2D eigenvalue weighted by Crippen LogP contribution is -2.56. The maximum atomic E-state index is 12.0. The second kappa shape index (κ2) is 6.41. The molecule has 0 radical (unpaired) electrons. The molecular weight excluding hydrogens is 278 g/mol. The molecule has 0 aliphatic carbocycles. The van der Waals surface area contributed by atoms with Crippen molar-refractivity contribution in [2.24, 2.45) is 5.92 Å². The van der Waals surface area contributed by atoms with Gasteiger partial charge in [-0.05, 0) is 32.2 Å². The van der Waals surface area contributed by atoms with Crippen LogP contribution in [0.1, 0.15) is 33.1 Å². The molecule has 2 aliphatic rings. The predicted molar refractivity (Wildman–Crippen MR) is 77.8 cm³/mol. The third kappa shape index (κ3) is 3.71. The zero-order chi connectivity index (χ0) is 14.8. The van der Waals surface area contributed by atoms with E-state index in [1.807, 2.05) is 0 Å². The van der Waals surface area contributed by atoms with Crippen LogP contribution in [0.4, 0.5) is 0 Å². The maximum Gasteiger partial charge on any atom is 0.221 e. The van der Waals surface area contributed by atoms with Gasteiger partial charge in [0, 0.05) is 31.6 Å². The number of hydrogen-bond donors (Lipinski definition) is 2. The maximum absolute atomic E-state index is 12.0. The van der Waals surface area contributed by atoms with Crippen molar-refractivity contribution >= 4 is 15.9 Å². The summed E-state index contributed by atoms with van der Waals surface area (Å²) in [5.41, 5.74) is 0. The average molecular weight is 303 g/mol. The summed E-state index contributed by atoms with van der Waals surface area (Å²) in [5, 5.41) is 6.40.